The van der Waals surface area contributed by atoms with Crippen molar-refractivity contribution in [2.24, 2.45) is 0 Å². The van der Waals surface area contributed by atoms with Crippen molar-refractivity contribution in [1.82, 2.24) is 10.6 Å². The summed E-state index contributed by atoms with van der Waals surface area (Å²) >= 11 is 1.79. The molecule has 0 radical (unpaired) electrons. The minimum absolute atomic E-state index is 0. The quantitative estimate of drug-likeness (QED) is 0.637. The van der Waals surface area contributed by atoms with Crippen molar-refractivity contribution in [3.05, 3.63) is 29.8 Å². The molecular formula is C16H22ClF3N2O3S. The molecule has 3 N–H and O–H groups in total. The highest BCUT2D eigenvalue weighted by atomic mass is 35.5. The Bertz CT molecular complexity index is 572. The number of halogens is 4. The highest BCUT2D eigenvalue weighted by molar-refractivity contribution is 7.99. The minimum atomic E-state index is -4.45. The Kier molecular flexibility index (Phi) is 9.56. The number of thioether (sulfide) groups is 1. The van der Waals surface area contributed by atoms with Gasteiger partial charge >= 0.3 is 6.18 Å². The molecule has 1 aromatic rings. The summed E-state index contributed by atoms with van der Waals surface area (Å²) in [5.74, 6) is 1.74. The number of aliphatic hydroxyl groups is 1. The Morgan fingerprint density at radius 2 is 2.23 bits per heavy atom. The lowest BCUT2D eigenvalue weighted by atomic mass is 10.2. The summed E-state index contributed by atoms with van der Waals surface area (Å²) in [5, 5.41) is 15.7. The summed E-state index contributed by atoms with van der Waals surface area (Å²) in [4.78, 5) is 11.8. The van der Waals surface area contributed by atoms with Crippen molar-refractivity contribution in [2.75, 3.05) is 31.2 Å². The molecule has 1 amide bonds. The van der Waals surface area contributed by atoms with Crippen molar-refractivity contribution < 1.29 is 27.8 Å². The first-order chi connectivity index (χ1) is 11.8. The largest absolute Gasteiger partial charge is 0.491 e. The smallest absolute Gasteiger partial charge is 0.416 e. The molecule has 0 aromatic heterocycles. The van der Waals surface area contributed by atoms with Gasteiger partial charge in [0.15, 0.2) is 0 Å². The molecule has 1 heterocycles. The SMILES string of the molecule is Cl.O=C(CC1CSCCN1)NCC(O)COc1cccc(C(F)(F)F)c1. The van der Waals surface area contributed by atoms with Crippen molar-refractivity contribution in [2.45, 2.75) is 24.7 Å². The van der Waals surface area contributed by atoms with E-state index < -0.39 is 17.8 Å². The minimum Gasteiger partial charge on any atom is -0.491 e. The van der Waals surface area contributed by atoms with Crippen molar-refractivity contribution in [3.8, 4) is 5.75 Å². The predicted octanol–water partition coefficient (Wildman–Crippen LogP) is 2.08. The van der Waals surface area contributed by atoms with E-state index in [1.807, 2.05) is 0 Å². The van der Waals surface area contributed by atoms with Gasteiger partial charge < -0.3 is 20.5 Å². The number of alkyl halides is 3. The van der Waals surface area contributed by atoms with Gasteiger partial charge in [0.1, 0.15) is 18.5 Å². The van der Waals surface area contributed by atoms with Crippen LogP contribution in [0, 0.1) is 0 Å². The molecule has 2 atom stereocenters. The number of hydrogen-bond donors (Lipinski definition) is 3. The van der Waals surface area contributed by atoms with Gasteiger partial charge in [0, 0.05) is 37.1 Å². The fourth-order valence-electron chi connectivity index (χ4n) is 2.29. The van der Waals surface area contributed by atoms with Gasteiger partial charge in [-0.1, -0.05) is 6.07 Å². The summed E-state index contributed by atoms with van der Waals surface area (Å²) in [6.45, 7) is 0.646. The molecule has 0 bridgehead atoms. The number of amides is 1. The highest BCUT2D eigenvalue weighted by Gasteiger charge is 2.30. The van der Waals surface area contributed by atoms with Gasteiger partial charge in [-0.05, 0) is 18.2 Å². The Labute approximate surface area is 160 Å². The Balaban J connectivity index is 0.00000338. The van der Waals surface area contributed by atoms with Gasteiger partial charge in [0.05, 0.1) is 5.56 Å². The van der Waals surface area contributed by atoms with Gasteiger partial charge in [-0.2, -0.15) is 24.9 Å². The van der Waals surface area contributed by atoms with Gasteiger partial charge in [0.2, 0.25) is 5.91 Å². The van der Waals surface area contributed by atoms with Crippen LogP contribution in [0.2, 0.25) is 0 Å². The number of aliphatic hydroxyl groups excluding tert-OH is 1. The van der Waals surface area contributed by atoms with Gasteiger partial charge in [-0.25, -0.2) is 0 Å². The van der Waals surface area contributed by atoms with E-state index in [2.05, 4.69) is 10.6 Å². The maximum absolute atomic E-state index is 12.6. The monoisotopic (exact) mass is 414 g/mol. The van der Waals surface area contributed by atoms with Crippen LogP contribution in [0.25, 0.3) is 0 Å². The molecule has 148 valence electrons. The van der Waals surface area contributed by atoms with Crippen LogP contribution < -0.4 is 15.4 Å². The Morgan fingerprint density at radius 1 is 1.46 bits per heavy atom. The number of benzene rings is 1. The lowest BCUT2D eigenvalue weighted by Gasteiger charge is -2.22. The number of rotatable bonds is 7. The van der Waals surface area contributed by atoms with Crippen LogP contribution in [-0.2, 0) is 11.0 Å². The second kappa shape index (κ2) is 10.9. The number of hydrogen-bond acceptors (Lipinski definition) is 5. The summed E-state index contributed by atoms with van der Waals surface area (Å²) in [7, 11) is 0. The Morgan fingerprint density at radius 3 is 2.88 bits per heavy atom. The number of ether oxygens (including phenoxy) is 1. The standard InChI is InChI=1S/C16H21F3N2O3S.ClH/c17-16(18,19)11-2-1-3-14(6-11)24-9-13(22)8-21-15(23)7-12-10-25-5-4-20-12;/h1-3,6,12-13,20,22H,4-5,7-10H2,(H,21,23);1H. The van der Waals surface area contributed by atoms with Crippen molar-refractivity contribution in [3.63, 3.8) is 0 Å². The second-order valence-corrected chi connectivity index (χ2v) is 6.87. The van der Waals surface area contributed by atoms with E-state index in [1.54, 1.807) is 11.8 Å². The van der Waals surface area contributed by atoms with E-state index in [9.17, 15) is 23.1 Å². The molecule has 1 aliphatic rings. The first-order valence-corrected chi connectivity index (χ1v) is 9.06. The lowest BCUT2D eigenvalue weighted by Crippen LogP contribution is -2.43. The molecule has 5 nitrogen and oxygen atoms in total. The molecule has 1 aliphatic heterocycles. The van der Waals surface area contributed by atoms with Crippen LogP contribution in [0.4, 0.5) is 13.2 Å². The predicted molar refractivity (Wildman–Crippen MR) is 96.9 cm³/mol. The summed E-state index contributed by atoms with van der Waals surface area (Å²) in [6, 6.07) is 4.56. The van der Waals surface area contributed by atoms with Crippen molar-refractivity contribution >= 4 is 30.1 Å². The molecule has 0 saturated carbocycles. The van der Waals surface area contributed by atoms with Gasteiger partial charge in [-0.3, -0.25) is 4.79 Å². The second-order valence-electron chi connectivity index (χ2n) is 5.72. The third-order valence-corrected chi connectivity index (χ3v) is 4.70. The van der Waals surface area contributed by atoms with Crippen LogP contribution >= 0.6 is 24.2 Å². The molecule has 26 heavy (non-hydrogen) atoms. The zero-order valence-corrected chi connectivity index (χ0v) is 15.6. The topological polar surface area (TPSA) is 70.6 Å². The van der Waals surface area contributed by atoms with Crippen LogP contribution in [0.5, 0.6) is 5.75 Å². The first-order valence-electron chi connectivity index (χ1n) is 7.90. The molecule has 2 unspecified atom stereocenters. The molecule has 1 aromatic carbocycles. The van der Waals surface area contributed by atoms with Gasteiger partial charge in [0.25, 0.3) is 0 Å². The molecule has 2 rings (SSSR count). The zero-order chi connectivity index (χ0) is 18.3. The van der Waals surface area contributed by atoms with Crippen LogP contribution in [0.3, 0.4) is 0 Å². The molecule has 1 fully saturated rings. The maximum atomic E-state index is 12.6. The van der Waals surface area contributed by atoms with E-state index in [1.165, 1.54) is 12.1 Å². The molecule has 0 aliphatic carbocycles. The number of carbonyl (C=O) groups is 1. The molecule has 1 saturated heterocycles. The summed E-state index contributed by atoms with van der Waals surface area (Å²) < 4.78 is 43.0. The van der Waals surface area contributed by atoms with Gasteiger partial charge in [-0.15, -0.1) is 12.4 Å². The average molecular weight is 415 g/mol. The van der Waals surface area contributed by atoms with E-state index in [0.29, 0.717) is 6.42 Å². The molecule has 10 heteroatoms. The first kappa shape index (κ1) is 22.9. The van der Waals surface area contributed by atoms with E-state index in [4.69, 9.17) is 4.74 Å². The van der Waals surface area contributed by atoms with Crippen LogP contribution in [-0.4, -0.2) is 54.4 Å². The summed E-state index contributed by atoms with van der Waals surface area (Å²) in [5.41, 5.74) is -0.814. The summed E-state index contributed by atoms with van der Waals surface area (Å²) in [6.07, 6.45) is -5.13. The van der Waals surface area contributed by atoms with Crippen LogP contribution in [0.15, 0.2) is 24.3 Å². The van der Waals surface area contributed by atoms with E-state index in [-0.39, 0.29) is 43.3 Å². The number of nitrogens with one attached hydrogen (secondary N) is 2. The van der Waals surface area contributed by atoms with E-state index >= 15 is 0 Å². The Hall–Kier alpha value is -1.16. The molecule has 0 spiro atoms. The van der Waals surface area contributed by atoms with Crippen molar-refractivity contribution in [1.29, 1.82) is 0 Å². The number of carbonyl (C=O) groups excluding carboxylic acids is 1. The normalized spacial score (nSPS) is 18.5. The maximum Gasteiger partial charge on any atom is 0.416 e. The third-order valence-electron chi connectivity index (χ3n) is 3.57. The third kappa shape index (κ3) is 8.03. The lowest BCUT2D eigenvalue weighted by molar-refractivity contribution is -0.137. The van der Waals surface area contributed by atoms with Crippen LogP contribution in [0.1, 0.15) is 12.0 Å². The highest BCUT2D eigenvalue weighted by Crippen LogP contribution is 2.31. The molecular weight excluding hydrogens is 393 g/mol. The van der Waals surface area contributed by atoms with E-state index in [0.717, 1.165) is 30.2 Å². The fraction of sp³-hybridized carbons (Fsp3) is 0.562. The fourth-order valence-corrected chi connectivity index (χ4v) is 3.24. The average Bonchev–Trinajstić information content (AvgIpc) is 2.58. The zero-order valence-electron chi connectivity index (χ0n) is 13.9.